The van der Waals surface area contributed by atoms with E-state index in [0.29, 0.717) is 23.5 Å². The molecule has 4 aromatic rings. The average Bonchev–Trinajstić information content (AvgIpc) is 3.27. The molecular weight excluding hydrogens is 362 g/mol. The minimum absolute atomic E-state index is 0.321. The summed E-state index contributed by atoms with van der Waals surface area (Å²) in [6.45, 7) is 4.71. The van der Waals surface area contributed by atoms with E-state index in [9.17, 15) is 0 Å². The van der Waals surface area contributed by atoms with Crippen LogP contribution in [0.3, 0.4) is 0 Å². The number of aromatic nitrogens is 6. The fraction of sp³-hybridized carbons (Fsp3) is 0.368. The van der Waals surface area contributed by atoms with E-state index in [2.05, 4.69) is 51.5 Å². The molecule has 0 unspecified atom stereocenters. The molecule has 1 saturated carbocycles. The Bertz CT molecular complexity index is 1140. The summed E-state index contributed by atoms with van der Waals surface area (Å²) < 4.78 is 3.60. The zero-order valence-electron chi connectivity index (χ0n) is 15.2. The van der Waals surface area contributed by atoms with E-state index in [0.717, 1.165) is 28.5 Å². The largest absolute Gasteiger partial charge is 0.362 e. The molecule has 8 heteroatoms. The van der Waals surface area contributed by atoms with Crippen molar-refractivity contribution < 1.29 is 0 Å². The summed E-state index contributed by atoms with van der Waals surface area (Å²) in [5.74, 6) is 2.52. The normalized spacial score (nSPS) is 14.5. The summed E-state index contributed by atoms with van der Waals surface area (Å²) in [4.78, 5) is 9.08. The Kier molecular flexibility index (Phi) is 3.79. The van der Waals surface area contributed by atoms with E-state index in [1.807, 2.05) is 16.9 Å². The van der Waals surface area contributed by atoms with Crippen LogP contribution in [0.5, 0.6) is 0 Å². The number of hydrogen-bond donors (Lipinski definition) is 1. The molecule has 4 aromatic heterocycles. The van der Waals surface area contributed by atoms with Crippen molar-refractivity contribution in [2.24, 2.45) is 0 Å². The highest BCUT2D eigenvalue weighted by Crippen LogP contribution is 2.40. The number of pyridine rings is 1. The first kappa shape index (κ1) is 16.5. The van der Waals surface area contributed by atoms with E-state index in [1.54, 1.807) is 10.6 Å². The van der Waals surface area contributed by atoms with Gasteiger partial charge in [0.05, 0.1) is 12.7 Å². The molecule has 0 spiro atoms. The number of nitrogens with zero attached hydrogens (tertiary/aromatic N) is 6. The molecule has 7 nitrogen and oxygen atoms in total. The quantitative estimate of drug-likeness (QED) is 0.528. The molecule has 0 radical (unpaired) electrons. The lowest BCUT2D eigenvalue weighted by Crippen LogP contribution is -2.07. The molecule has 0 atom stereocenters. The zero-order chi connectivity index (χ0) is 18.5. The van der Waals surface area contributed by atoms with Crippen LogP contribution in [0, 0.1) is 0 Å². The molecule has 0 saturated heterocycles. The molecule has 138 valence electrons. The number of nitrogens with one attached hydrogen (secondary N) is 1. The summed E-state index contributed by atoms with van der Waals surface area (Å²) in [6.07, 6.45) is 6.39. The second-order valence-corrected chi connectivity index (χ2v) is 7.76. The second kappa shape index (κ2) is 6.20. The first-order valence-electron chi connectivity index (χ1n) is 9.22. The van der Waals surface area contributed by atoms with Crippen LogP contribution < -0.4 is 5.32 Å². The van der Waals surface area contributed by atoms with Crippen LogP contribution in [0.15, 0.2) is 30.6 Å². The van der Waals surface area contributed by atoms with Crippen molar-refractivity contribution in [1.82, 2.24) is 29.2 Å². The van der Waals surface area contributed by atoms with Gasteiger partial charge in [-0.15, -0.1) is 5.10 Å². The van der Waals surface area contributed by atoms with Gasteiger partial charge in [-0.2, -0.15) is 9.61 Å². The van der Waals surface area contributed by atoms with Gasteiger partial charge in [-0.05, 0) is 42.4 Å². The van der Waals surface area contributed by atoms with E-state index in [-0.39, 0.29) is 0 Å². The maximum Gasteiger partial charge on any atom is 0.170 e. The van der Waals surface area contributed by atoms with Gasteiger partial charge in [-0.3, -0.25) is 0 Å². The van der Waals surface area contributed by atoms with Gasteiger partial charge < -0.3 is 5.32 Å². The Morgan fingerprint density at radius 1 is 1.26 bits per heavy atom. The minimum Gasteiger partial charge on any atom is -0.362 e. The molecule has 0 aliphatic heterocycles. The maximum atomic E-state index is 6.23. The van der Waals surface area contributed by atoms with E-state index >= 15 is 0 Å². The van der Waals surface area contributed by atoms with Gasteiger partial charge in [0, 0.05) is 17.8 Å². The van der Waals surface area contributed by atoms with Crippen molar-refractivity contribution in [1.29, 1.82) is 0 Å². The lowest BCUT2D eigenvalue weighted by Gasteiger charge is -2.08. The second-order valence-electron chi connectivity index (χ2n) is 7.37. The topological polar surface area (TPSA) is 72.4 Å². The Balaban J connectivity index is 1.43. The van der Waals surface area contributed by atoms with Crippen molar-refractivity contribution in [3.05, 3.63) is 52.7 Å². The highest BCUT2D eigenvalue weighted by Gasteiger charge is 2.24. The molecule has 4 heterocycles. The van der Waals surface area contributed by atoms with Crippen LogP contribution in [0.2, 0.25) is 5.15 Å². The standard InChI is InChI=1S/C19H20ClN7/c1-11(2)14-9-22-27-17(8-15(20)23-19(14)27)21-10-16-24-18-7-13(12-3-4-12)5-6-26(18)25-16/h5-9,11-12,21H,3-4,10H2,1-2H3. The summed E-state index contributed by atoms with van der Waals surface area (Å²) in [5.41, 5.74) is 4.08. The Morgan fingerprint density at radius 3 is 2.89 bits per heavy atom. The number of halogens is 1. The Labute approximate surface area is 161 Å². The van der Waals surface area contributed by atoms with E-state index in [1.165, 1.54) is 18.4 Å². The van der Waals surface area contributed by atoms with Crippen LogP contribution in [0.1, 0.15) is 55.5 Å². The number of hydrogen-bond acceptors (Lipinski definition) is 5. The van der Waals surface area contributed by atoms with Crippen LogP contribution >= 0.6 is 11.6 Å². The predicted octanol–water partition coefficient (Wildman–Crippen LogP) is 4.04. The van der Waals surface area contributed by atoms with Crippen LogP contribution in [-0.2, 0) is 6.54 Å². The van der Waals surface area contributed by atoms with Gasteiger partial charge in [0.25, 0.3) is 0 Å². The molecular formula is C19H20ClN7. The summed E-state index contributed by atoms with van der Waals surface area (Å²) in [5, 5.41) is 12.8. The van der Waals surface area contributed by atoms with Crippen LogP contribution in [-0.4, -0.2) is 29.2 Å². The number of rotatable bonds is 5. The number of fused-ring (bicyclic) bond motifs is 2. The Morgan fingerprint density at radius 2 is 2.11 bits per heavy atom. The molecule has 27 heavy (non-hydrogen) atoms. The lowest BCUT2D eigenvalue weighted by atomic mass is 10.1. The van der Waals surface area contributed by atoms with Crippen molar-refractivity contribution in [2.75, 3.05) is 5.32 Å². The summed E-state index contributed by atoms with van der Waals surface area (Å²) in [6, 6.07) is 6.05. The fourth-order valence-corrected chi connectivity index (χ4v) is 3.53. The van der Waals surface area contributed by atoms with Gasteiger partial charge in [-0.1, -0.05) is 25.4 Å². The van der Waals surface area contributed by atoms with Crippen molar-refractivity contribution in [3.8, 4) is 0 Å². The molecule has 1 N–H and O–H groups in total. The molecule has 1 aliphatic carbocycles. The van der Waals surface area contributed by atoms with E-state index < -0.39 is 0 Å². The van der Waals surface area contributed by atoms with Crippen molar-refractivity contribution in [2.45, 2.75) is 45.1 Å². The molecule has 0 aromatic carbocycles. The molecule has 0 amide bonds. The third kappa shape index (κ3) is 3.02. The Hall–Kier alpha value is -2.67. The van der Waals surface area contributed by atoms with Crippen molar-refractivity contribution >= 4 is 28.7 Å². The van der Waals surface area contributed by atoms with Crippen molar-refractivity contribution in [3.63, 3.8) is 0 Å². The van der Waals surface area contributed by atoms with E-state index in [4.69, 9.17) is 11.6 Å². The monoisotopic (exact) mass is 381 g/mol. The maximum absolute atomic E-state index is 6.23. The third-order valence-corrected chi connectivity index (χ3v) is 5.17. The highest BCUT2D eigenvalue weighted by atomic mass is 35.5. The molecule has 1 fully saturated rings. The average molecular weight is 382 g/mol. The van der Waals surface area contributed by atoms with Gasteiger partial charge in [-0.25, -0.2) is 14.5 Å². The van der Waals surface area contributed by atoms with Crippen LogP contribution in [0.25, 0.3) is 11.3 Å². The lowest BCUT2D eigenvalue weighted by molar-refractivity contribution is 0.866. The van der Waals surface area contributed by atoms with Gasteiger partial charge >= 0.3 is 0 Å². The molecule has 5 rings (SSSR count). The van der Waals surface area contributed by atoms with Gasteiger partial charge in [0.2, 0.25) is 0 Å². The van der Waals surface area contributed by atoms with Crippen LogP contribution in [0.4, 0.5) is 5.82 Å². The fourth-order valence-electron chi connectivity index (χ4n) is 3.34. The molecule has 1 aliphatic rings. The highest BCUT2D eigenvalue weighted by molar-refractivity contribution is 6.29. The summed E-state index contributed by atoms with van der Waals surface area (Å²) in [7, 11) is 0. The van der Waals surface area contributed by atoms with Gasteiger partial charge in [0.1, 0.15) is 11.0 Å². The predicted molar refractivity (Wildman–Crippen MR) is 104 cm³/mol. The minimum atomic E-state index is 0.321. The zero-order valence-corrected chi connectivity index (χ0v) is 16.0. The smallest absolute Gasteiger partial charge is 0.170 e. The summed E-state index contributed by atoms with van der Waals surface area (Å²) >= 11 is 6.23. The molecule has 0 bridgehead atoms. The number of anilines is 1. The first-order chi connectivity index (χ1) is 13.1. The third-order valence-electron chi connectivity index (χ3n) is 4.97. The van der Waals surface area contributed by atoms with Gasteiger partial charge in [0.15, 0.2) is 17.1 Å². The first-order valence-corrected chi connectivity index (χ1v) is 9.59. The SMILES string of the molecule is CC(C)c1cnn2c(NCc3nc4cc(C5CC5)ccn4n3)cc(Cl)nc12.